The van der Waals surface area contributed by atoms with Gasteiger partial charge in [0.25, 0.3) is 5.91 Å². The number of nitrogens with one attached hydrogen (secondary N) is 2. The van der Waals surface area contributed by atoms with E-state index in [1.54, 1.807) is 0 Å². The van der Waals surface area contributed by atoms with Gasteiger partial charge in [-0.3, -0.25) is 9.89 Å². The lowest BCUT2D eigenvalue weighted by atomic mass is 10.0. The molecule has 1 fully saturated rings. The van der Waals surface area contributed by atoms with Crippen LogP contribution >= 0.6 is 0 Å². The number of hydrogen-bond acceptors (Lipinski definition) is 3. The molecule has 140 valence electrons. The highest BCUT2D eigenvalue weighted by Crippen LogP contribution is 2.29. The number of rotatable bonds is 5. The number of fused-ring (bicyclic) bond motifs is 1. The number of aryl methyl sites for hydroxylation is 1. The maximum Gasteiger partial charge on any atom is 0.251 e. The SMILES string of the molecule is Cc1cccc2[nH]nc(-c3cccc(C(=O)NCCC4CCCN4C)c3)c12. The Bertz CT molecular complexity index is 962. The van der Waals surface area contributed by atoms with E-state index in [-0.39, 0.29) is 5.91 Å². The highest BCUT2D eigenvalue weighted by molar-refractivity contribution is 5.98. The third-order valence-corrected chi connectivity index (χ3v) is 5.63. The summed E-state index contributed by atoms with van der Waals surface area (Å²) in [4.78, 5) is 15.0. The summed E-state index contributed by atoms with van der Waals surface area (Å²) in [7, 11) is 2.17. The van der Waals surface area contributed by atoms with E-state index < -0.39 is 0 Å². The Kier molecular flexibility index (Phi) is 4.94. The number of nitrogens with zero attached hydrogens (tertiary/aromatic N) is 2. The summed E-state index contributed by atoms with van der Waals surface area (Å²) in [5.74, 6) is -0.0194. The van der Waals surface area contributed by atoms with Gasteiger partial charge in [0.05, 0.1) is 5.52 Å². The Hall–Kier alpha value is -2.66. The van der Waals surface area contributed by atoms with Gasteiger partial charge in [0.15, 0.2) is 0 Å². The predicted molar refractivity (Wildman–Crippen MR) is 109 cm³/mol. The van der Waals surface area contributed by atoms with Crippen LogP contribution in [0.2, 0.25) is 0 Å². The van der Waals surface area contributed by atoms with Crippen LogP contribution in [-0.2, 0) is 0 Å². The lowest BCUT2D eigenvalue weighted by molar-refractivity contribution is 0.0950. The molecule has 1 saturated heterocycles. The zero-order valence-corrected chi connectivity index (χ0v) is 16.0. The average molecular weight is 362 g/mol. The molecular weight excluding hydrogens is 336 g/mol. The van der Waals surface area contributed by atoms with Gasteiger partial charge >= 0.3 is 0 Å². The van der Waals surface area contributed by atoms with Crippen LogP contribution in [0.5, 0.6) is 0 Å². The fourth-order valence-corrected chi connectivity index (χ4v) is 4.06. The smallest absolute Gasteiger partial charge is 0.251 e. The van der Waals surface area contributed by atoms with E-state index in [9.17, 15) is 4.79 Å². The zero-order valence-electron chi connectivity index (χ0n) is 16.0. The molecule has 0 bridgehead atoms. The molecule has 1 unspecified atom stereocenters. The van der Waals surface area contributed by atoms with Crippen molar-refractivity contribution in [3.8, 4) is 11.3 Å². The molecule has 0 saturated carbocycles. The number of likely N-dealkylation sites (tertiary alicyclic amines) is 1. The van der Waals surface area contributed by atoms with E-state index in [1.165, 1.54) is 18.4 Å². The second-order valence-electron chi connectivity index (χ2n) is 7.47. The third-order valence-electron chi connectivity index (χ3n) is 5.63. The van der Waals surface area contributed by atoms with E-state index in [4.69, 9.17) is 0 Å². The molecule has 27 heavy (non-hydrogen) atoms. The maximum absolute atomic E-state index is 12.6. The highest BCUT2D eigenvalue weighted by atomic mass is 16.1. The summed E-state index contributed by atoms with van der Waals surface area (Å²) >= 11 is 0. The number of amides is 1. The topological polar surface area (TPSA) is 61.0 Å². The van der Waals surface area contributed by atoms with Crippen molar-refractivity contribution in [1.82, 2.24) is 20.4 Å². The quantitative estimate of drug-likeness (QED) is 0.727. The molecule has 1 aromatic heterocycles. The third kappa shape index (κ3) is 3.60. The fourth-order valence-electron chi connectivity index (χ4n) is 4.06. The molecule has 0 spiro atoms. The van der Waals surface area contributed by atoms with Gasteiger partial charge in [-0.15, -0.1) is 0 Å². The Morgan fingerprint density at radius 3 is 2.96 bits per heavy atom. The molecule has 2 heterocycles. The van der Waals surface area contributed by atoms with Crippen molar-refractivity contribution in [3.05, 3.63) is 53.6 Å². The van der Waals surface area contributed by atoms with Crippen molar-refractivity contribution in [2.45, 2.75) is 32.2 Å². The summed E-state index contributed by atoms with van der Waals surface area (Å²) in [5.41, 5.74) is 4.72. The van der Waals surface area contributed by atoms with Crippen molar-refractivity contribution < 1.29 is 4.79 Å². The molecule has 0 radical (unpaired) electrons. The van der Waals surface area contributed by atoms with Gasteiger partial charge in [-0.1, -0.05) is 24.3 Å². The van der Waals surface area contributed by atoms with Crippen molar-refractivity contribution in [3.63, 3.8) is 0 Å². The highest BCUT2D eigenvalue weighted by Gasteiger charge is 2.20. The molecule has 1 amide bonds. The van der Waals surface area contributed by atoms with Crippen molar-refractivity contribution in [2.75, 3.05) is 20.1 Å². The summed E-state index contributed by atoms with van der Waals surface area (Å²) in [5, 5.41) is 11.8. The first-order chi connectivity index (χ1) is 13.1. The molecule has 3 aromatic rings. The normalized spacial score (nSPS) is 17.5. The summed E-state index contributed by atoms with van der Waals surface area (Å²) in [6.07, 6.45) is 3.49. The van der Waals surface area contributed by atoms with Gasteiger partial charge in [-0.2, -0.15) is 5.10 Å². The zero-order chi connectivity index (χ0) is 18.8. The standard InChI is InChI=1S/C22H26N4O/c1-15-6-3-10-19-20(15)21(25-24-19)16-7-4-8-17(14-16)22(27)23-12-11-18-9-5-13-26(18)2/h3-4,6-8,10,14,18H,5,9,11-13H2,1-2H3,(H,23,27)(H,24,25). The largest absolute Gasteiger partial charge is 0.352 e. The minimum absolute atomic E-state index is 0.0194. The number of aromatic nitrogens is 2. The van der Waals surface area contributed by atoms with E-state index in [0.717, 1.165) is 35.1 Å². The number of benzene rings is 2. The lowest BCUT2D eigenvalue weighted by Gasteiger charge is -2.19. The predicted octanol–water partition coefficient (Wildman–Crippen LogP) is 3.75. The maximum atomic E-state index is 12.6. The monoisotopic (exact) mass is 362 g/mol. The van der Waals surface area contributed by atoms with Crippen LogP contribution in [0.3, 0.4) is 0 Å². The minimum atomic E-state index is -0.0194. The van der Waals surface area contributed by atoms with Gasteiger partial charge < -0.3 is 10.2 Å². The molecule has 1 aliphatic rings. The summed E-state index contributed by atoms with van der Waals surface area (Å²) < 4.78 is 0. The molecule has 1 atom stereocenters. The average Bonchev–Trinajstić information content (AvgIpc) is 3.29. The number of aromatic amines is 1. The number of carbonyl (C=O) groups excluding carboxylic acids is 1. The van der Waals surface area contributed by atoms with Gasteiger partial charge in [-0.25, -0.2) is 0 Å². The van der Waals surface area contributed by atoms with Crippen LogP contribution in [0.1, 0.15) is 35.2 Å². The van der Waals surface area contributed by atoms with Crippen molar-refractivity contribution in [1.29, 1.82) is 0 Å². The van der Waals surface area contributed by atoms with Crippen molar-refractivity contribution >= 4 is 16.8 Å². The molecule has 5 heteroatoms. The minimum Gasteiger partial charge on any atom is -0.352 e. The van der Waals surface area contributed by atoms with E-state index >= 15 is 0 Å². The van der Waals surface area contributed by atoms with Gasteiger partial charge in [-0.05, 0) is 63.5 Å². The number of carbonyl (C=O) groups is 1. The van der Waals surface area contributed by atoms with Crippen LogP contribution < -0.4 is 5.32 Å². The summed E-state index contributed by atoms with van der Waals surface area (Å²) in [6, 6.07) is 14.4. The van der Waals surface area contributed by atoms with Gasteiger partial charge in [0.2, 0.25) is 0 Å². The van der Waals surface area contributed by atoms with Gasteiger partial charge in [0, 0.05) is 29.1 Å². The van der Waals surface area contributed by atoms with Crippen LogP contribution in [0.25, 0.3) is 22.2 Å². The Morgan fingerprint density at radius 2 is 2.15 bits per heavy atom. The summed E-state index contributed by atoms with van der Waals surface area (Å²) in [6.45, 7) is 3.96. The van der Waals surface area contributed by atoms with E-state index in [0.29, 0.717) is 18.2 Å². The second kappa shape index (κ2) is 7.53. The Labute approximate surface area is 159 Å². The molecule has 2 aromatic carbocycles. The molecule has 4 rings (SSSR count). The fraction of sp³-hybridized carbons (Fsp3) is 0.364. The van der Waals surface area contributed by atoms with Crippen LogP contribution in [0.15, 0.2) is 42.5 Å². The Morgan fingerprint density at radius 1 is 1.30 bits per heavy atom. The molecule has 1 aliphatic heterocycles. The molecule has 5 nitrogen and oxygen atoms in total. The van der Waals surface area contributed by atoms with Crippen LogP contribution in [0, 0.1) is 6.92 Å². The first-order valence-electron chi connectivity index (χ1n) is 9.66. The molecular formula is C22H26N4O. The van der Waals surface area contributed by atoms with Crippen LogP contribution in [-0.4, -0.2) is 47.2 Å². The molecule has 0 aliphatic carbocycles. The van der Waals surface area contributed by atoms with Crippen LogP contribution in [0.4, 0.5) is 0 Å². The van der Waals surface area contributed by atoms with E-state index in [2.05, 4.69) is 40.5 Å². The Balaban J connectivity index is 1.49. The number of hydrogen-bond donors (Lipinski definition) is 2. The first-order valence-corrected chi connectivity index (χ1v) is 9.66. The van der Waals surface area contributed by atoms with Crippen molar-refractivity contribution in [2.24, 2.45) is 0 Å². The lowest BCUT2D eigenvalue weighted by Crippen LogP contribution is -2.31. The first kappa shape index (κ1) is 17.7. The van der Waals surface area contributed by atoms with E-state index in [1.807, 2.05) is 36.4 Å². The second-order valence-corrected chi connectivity index (χ2v) is 7.47. The molecule has 2 N–H and O–H groups in total. The van der Waals surface area contributed by atoms with Gasteiger partial charge in [0.1, 0.15) is 5.69 Å². The number of H-pyrrole nitrogens is 1.